The maximum Gasteiger partial charge on any atom is 0.397 e. The van der Waals surface area contributed by atoms with Crippen LogP contribution in [-0.4, -0.2) is 97.5 Å². The Morgan fingerprint density at radius 2 is 1.17 bits per heavy atom. The highest BCUT2D eigenvalue weighted by Gasteiger charge is 2.48. The quantitative estimate of drug-likeness (QED) is 0.0199. The van der Waals surface area contributed by atoms with E-state index in [2.05, 4.69) is 66.6 Å². The van der Waals surface area contributed by atoms with Gasteiger partial charge in [0.25, 0.3) is 0 Å². The molecule has 0 spiro atoms. The first-order valence-corrected chi connectivity index (χ1v) is 24.3. The average molecular weight is 859 g/mol. The Kier molecular flexibility index (Phi) is 35.3. The summed E-state index contributed by atoms with van der Waals surface area (Å²) in [6.45, 7) is 3.83. The Hall–Kier alpha value is -1.94. The van der Waals surface area contributed by atoms with Crippen LogP contribution < -0.4 is 0 Å². The summed E-state index contributed by atoms with van der Waals surface area (Å²) < 4.78 is 58.8. The van der Waals surface area contributed by atoms with Crippen molar-refractivity contribution in [1.82, 2.24) is 0 Å². The number of rotatable bonds is 39. The summed E-state index contributed by atoms with van der Waals surface area (Å²) in [5.74, 6) is -0.405. The molecule has 1 aliphatic rings. The number of allylic oxidation sites excluding steroid dienone is 8. The van der Waals surface area contributed by atoms with E-state index in [1.54, 1.807) is 0 Å². The number of carbonyl (C=O) groups excluding carboxylic acids is 1. The molecule has 344 valence electrons. The number of unbranched alkanes of at least 4 members (excludes halogenated alkanes) is 18. The van der Waals surface area contributed by atoms with Crippen LogP contribution in [0.3, 0.4) is 0 Å². The van der Waals surface area contributed by atoms with Gasteiger partial charge in [0.15, 0.2) is 6.29 Å². The number of carbonyl (C=O) groups is 1. The van der Waals surface area contributed by atoms with E-state index in [1.807, 2.05) is 0 Å². The maximum absolute atomic E-state index is 12.8. The number of hydrogen-bond acceptors (Lipinski definition) is 11. The third-order valence-corrected chi connectivity index (χ3v) is 10.7. The molecule has 1 fully saturated rings. The van der Waals surface area contributed by atoms with Gasteiger partial charge < -0.3 is 34.3 Å². The van der Waals surface area contributed by atoms with Crippen LogP contribution in [0.15, 0.2) is 48.6 Å². The smallest absolute Gasteiger partial charge is 0.397 e. The first-order valence-electron chi connectivity index (χ1n) is 22.9. The van der Waals surface area contributed by atoms with Gasteiger partial charge in [0.2, 0.25) is 0 Å². The van der Waals surface area contributed by atoms with Crippen molar-refractivity contribution in [3.63, 3.8) is 0 Å². The van der Waals surface area contributed by atoms with Crippen LogP contribution in [0.4, 0.5) is 0 Å². The Balaban J connectivity index is 2.27. The van der Waals surface area contributed by atoms with Crippen molar-refractivity contribution in [1.29, 1.82) is 0 Å². The lowest BCUT2D eigenvalue weighted by molar-refractivity contribution is -0.301. The minimum Gasteiger partial charge on any atom is -0.457 e. The summed E-state index contributed by atoms with van der Waals surface area (Å²) in [6.07, 6.45) is 36.0. The summed E-state index contributed by atoms with van der Waals surface area (Å²) in [6, 6.07) is 0. The minimum absolute atomic E-state index is 0.0351. The molecule has 6 unspecified atom stereocenters. The molecule has 6 atom stereocenters. The molecule has 59 heavy (non-hydrogen) atoms. The van der Waals surface area contributed by atoms with E-state index >= 15 is 0 Å². The van der Waals surface area contributed by atoms with Gasteiger partial charge in [-0.1, -0.05) is 165 Å². The zero-order valence-corrected chi connectivity index (χ0v) is 37.4. The largest absolute Gasteiger partial charge is 0.457 e. The summed E-state index contributed by atoms with van der Waals surface area (Å²) in [5, 5.41) is 30.6. The van der Waals surface area contributed by atoms with E-state index in [0.717, 1.165) is 64.2 Å². The van der Waals surface area contributed by atoms with E-state index in [9.17, 15) is 28.5 Å². The van der Waals surface area contributed by atoms with E-state index in [0.29, 0.717) is 13.0 Å². The molecular weight excluding hydrogens is 777 g/mol. The van der Waals surface area contributed by atoms with Crippen LogP contribution in [0.1, 0.15) is 174 Å². The molecule has 0 radical (unpaired) electrons. The highest BCUT2D eigenvalue weighted by molar-refractivity contribution is 7.80. The second-order valence-electron chi connectivity index (χ2n) is 15.6. The molecule has 0 aliphatic carbocycles. The first kappa shape index (κ1) is 55.1. The van der Waals surface area contributed by atoms with Gasteiger partial charge in [0.1, 0.15) is 30.5 Å². The molecular formula is C46H82O12S. The summed E-state index contributed by atoms with van der Waals surface area (Å²) in [4.78, 5) is 12.8. The average Bonchev–Trinajstić information content (AvgIpc) is 3.20. The van der Waals surface area contributed by atoms with Crippen LogP contribution in [0.5, 0.6) is 0 Å². The molecule has 1 aliphatic heterocycles. The predicted octanol–water partition coefficient (Wildman–Crippen LogP) is 9.58. The molecule has 13 heteroatoms. The van der Waals surface area contributed by atoms with Gasteiger partial charge in [-0.3, -0.25) is 9.35 Å². The van der Waals surface area contributed by atoms with Crippen LogP contribution in [-0.2, 0) is 38.3 Å². The van der Waals surface area contributed by atoms with E-state index in [-0.39, 0.29) is 19.6 Å². The molecule has 0 aromatic carbocycles. The third-order valence-electron chi connectivity index (χ3n) is 10.2. The van der Waals surface area contributed by atoms with Gasteiger partial charge in [-0.25, -0.2) is 4.18 Å². The fourth-order valence-electron chi connectivity index (χ4n) is 6.78. The maximum atomic E-state index is 12.8. The fourth-order valence-corrected chi connectivity index (χ4v) is 7.29. The molecule has 0 aromatic heterocycles. The van der Waals surface area contributed by atoms with E-state index in [4.69, 9.17) is 23.5 Å². The Bertz CT molecular complexity index is 1220. The van der Waals surface area contributed by atoms with Crippen molar-refractivity contribution >= 4 is 16.4 Å². The van der Waals surface area contributed by atoms with Crippen LogP contribution >= 0.6 is 0 Å². The Morgan fingerprint density at radius 3 is 1.71 bits per heavy atom. The van der Waals surface area contributed by atoms with Crippen molar-refractivity contribution < 1.29 is 56.2 Å². The van der Waals surface area contributed by atoms with Crippen molar-refractivity contribution in [3.8, 4) is 0 Å². The zero-order chi connectivity index (χ0) is 43.2. The lowest BCUT2D eigenvalue weighted by Crippen LogP contribution is -2.60. The Labute approximate surface area is 357 Å². The predicted molar refractivity (Wildman–Crippen MR) is 234 cm³/mol. The SMILES string of the molecule is CC/C=C\C/C=C\C/C=C\C/C=C\CCCCCCCCCCCCCCC(=O)OC(COCCCCCCCCC)COC1OC(CO)C(O)C(OS(=O)(=O)O)C1O. The van der Waals surface area contributed by atoms with Gasteiger partial charge in [-0.2, -0.15) is 8.42 Å². The molecule has 0 saturated carbocycles. The topological polar surface area (TPSA) is 178 Å². The molecule has 0 aromatic rings. The summed E-state index contributed by atoms with van der Waals surface area (Å²) >= 11 is 0. The number of ether oxygens (including phenoxy) is 4. The lowest BCUT2D eigenvalue weighted by Gasteiger charge is -2.41. The highest BCUT2D eigenvalue weighted by atomic mass is 32.3. The Morgan fingerprint density at radius 1 is 0.661 bits per heavy atom. The van der Waals surface area contributed by atoms with Crippen LogP contribution in [0, 0.1) is 0 Å². The molecule has 1 heterocycles. The van der Waals surface area contributed by atoms with Gasteiger partial charge in [0, 0.05) is 13.0 Å². The van der Waals surface area contributed by atoms with E-state index < -0.39 is 59.8 Å². The third kappa shape index (κ3) is 31.6. The first-order chi connectivity index (χ1) is 28.6. The van der Waals surface area contributed by atoms with Gasteiger partial charge >= 0.3 is 16.4 Å². The van der Waals surface area contributed by atoms with Gasteiger partial charge in [-0.05, 0) is 51.4 Å². The molecule has 1 rings (SSSR count). The number of aliphatic hydroxyl groups is 3. The standard InChI is InChI=1S/C46H82O12S/c1-3-5-7-9-11-12-13-14-15-16-17-18-19-20-21-22-23-24-25-26-27-28-29-31-33-35-42(48)56-40(38-54-36-34-32-30-10-8-6-4-2)39-55-46-44(50)45(58-59(51,52)53)43(49)41(37-47)57-46/h5,7,11-12,14-15,17-18,40-41,43-47,49-50H,3-4,6,8-10,13,16,19-39H2,1-2H3,(H,51,52,53)/b7-5-,12-11-,15-14-,18-17-. The highest BCUT2D eigenvalue weighted by Crippen LogP contribution is 2.26. The van der Waals surface area contributed by atoms with Gasteiger partial charge in [0.05, 0.1) is 19.8 Å². The van der Waals surface area contributed by atoms with E-state index in [1.165, 1.54) is 83.5 Å². The second-order valence-corrected chi connectivity index (χ2v) is 16.7. The van der Waals surface area contributed by atoms with Gasteiger partial charge in [-0.15, -0.1) is 0 Å². The monoisotopic (exact) mass is 859 g/mol. The van der Waals surface area contributed by atoms with Crippen molar-refractivity contribution in [3.05, 3.63) is 48.6 Å². The van der Waals surface area contributed by atoms with Crippen molar-refractivity contribution in [2.24, 2.45) is 0 Å². The second kappa shape index (κ2) is 37.8. The minimum atomic E-state index is -5.06. The summed E-state index contributed by atoms with van der Waals surface area (Å²) in [5.41, 5.74) is 0. The number of aliphatic hydroxyl groups excluding tert-OH is 3. The fraction of sp³-hybridized carbons (Fsp3) is 0.804. The van der Waals surface area contributed by atoms with Crippen LogP contribution in [0.25, 0.3) is 0 Å². The summed E-state index contributed by atoms with van der Waals surface area (Å²) in [7, 11) is -5.06. The molecule has 0 bridgehead atoms. The van der Waals surface area contributed by atoms with Crippen LogP contribution in [0.2, 0.25) is 0 Å². The molecule has 4 N–H and O–H groups in total. The number of hydrogen-bond donors (Lipinski definition) is 4. The lowest BCUT2D eigenvalue weighted by atomic mass is 9.99. The number of esters is 1. The molecule has 1 saturated heterocycles. The van der Waals surface area contributed by atoms with Crippen molar-refractivity contribution in [2.45, 2.75) is 211 Å². The molecule has 0 amide bonds. The van der Waals surface area contributed by atoms with Crippen molar-refractivity contribution in [2.75, 3.05) is 26.4 Å². The zero-order valence-electron chi connectivity index (χ0n) is 36.6. The normalized spacial score (nSPS) is 20.8. The molecule has 12 nitrogen and oxygen atoms in total.